The van der Waals surface area contributed by atoms with Crippen LogP contribution in [0.3, 0.4) is 0 Å². The first-order valence-corrected chi connectivity index (χ1v) is 8.21. The van der Waals surface area contributed by atoms with Crippen molar-refractivity contribution in [3.8, 4) is 5.75 Å². The smallest absolute Gasteiger partial charge is 0.269 e. The molecule has 0 amide bonds. The number of nitrogens with zero attached hydrogens (tertiary/aromatic N) is 2. The monoisotopic (exact) mass is 346 g/mol. The lowest BCUT2D eigenvalue weighted by Crippen LogP contribution is -1.98. The van der Waals surface area contributed by atoms with Crippen LogP contribution in [0.2, 0.25) is 0 Å². The number of non-ortho nitro benzene ring substituents is 1. The molecule has 3 rings (SSSR count). The average Bonchev–Trinajstić information content (AvgIpc) is 2.68. The Morgan fingerprint density at radius 3 is 2.31 bits per heavy atom. The van der Waals surface area contributed by atoms with E-state index in [9.17, 15) is 10.1 Å². The number of nitro groups is 1. The highest BCUT2D eigenvalue weighted by molar-refractivity contribution is 5.83. The molecule has 0 N–H and O–H groups in total. The number of rotatable bonds is 7. The van der Waals surface area contributed by atoms with Gasteiger partial charge in [0.1, 0.15) is 12.4 Å². The zero-order chi connectivity index (χ0) is 18.2. The highest BCUT2D eigenvalue weighted by atomic mass is 16.6. The molecule has 0 heterocycles. The zero-order valence-corrected chi connectivity index (χ0v) is 14.1. The Morgan fingerprint density at radius 1 is 0.885 bits per heavy atom. The summed E-state index contributed by atoms with van der Waals surface area (Å²) < 4.78 is 5.90. The lowest BCUT2D eigenvalue weighted by Gasteiger charge is -2.09. The lowest BCUT2D eigenvalue weighted by molar-refractivity contribution is -0.384. The van der Waals surface area contributed by atoms with Crippen LogP contribution in [-0.4, -0.2) is 11.1 Å². The number of nitro benzene ring substituents is 1. The SMILES string of the molecule is O=[N+]([O-])c1ccc(CN=Cc2ccccc2OCc2ccccc2)cc1. The summed E-state index contributed by atoms with van der Waals surface area (Å²) in [6, 6.07) is 24.1. The van der Waals surface area contributed by atoms with Gasteiger partial charge in [-0.15, -0.1) is 0 Å². The predicted octanol–water partition coefficient (Wildman–Crippen LogP) is 4.79. The molecule has 0 saturated heterocycles. The first-order chi connectivity index (χ1) is 12.7. The van der Waals surface area contributed by atoms with Crippen molar-refractivity contribution in [3.63, 3.8) is 0 Å². The molecule has 3 aromatic carbocycles. The number of aliphatic imine (C=N–C) groups is 1. The average molecular weight is 346 g/mol. The van der Waals surface area contributed by atoms with Crippen LogP contribution >= 0.6 is 0 Å². The van der Waals surface area contributed by atoms with E-state index in [0.717, 1.165) is 22.4 Å². The second-order valence-corrected chi connectivity index (χ2v) is 5.71. The second-order valence-electron chi connectivity index (χ2n) is 5.71. The molecular formula is C21H18N2O3. The van der Waals surface area contributed by atoms with Crippen molar-refractivity contribution in [3.05, 3.63) is 106 Å². The van der Waals surface area contributed by atoms with Crippen LogP contribution in [0.15, 0.2) is 83.9 Å². The Morgan fingerprint density at radius 2 is 1.58 bits per heavy atom. The predicted molar refractivity (Wildman–Crippen MR) is 102 cm³/mol. The van der Waals surface area contributed by atoms with Crippen LogP contribution in [0, 0.1) is 10.1 Å². The zero-order valence-electron chi connectivity index (χ0n) is 14.1. The van der Waals surface area contributed by atoms with E-state index in [4.69, 9.17) is 4.74 Å². The van der Waals surface area contributed by atoms with Gasteiger partial charge in [0.05, 0.1) is 11.5 Å². The van der Waals surface area contributed by atoms with Gasteiger partial charge < -0.3 is 4.74 Å². The van der Waals surface area contributed by atoms with Crippen LogP contribution < -0.4 is 4.74 Å². The maximum absolute atomic E-state index is 10.7. The minimum Gasteiger partial charge on any atom is -0.488 e. The maximum atomic E-state index is 10.7. The third-order valence-corrected chi connectivity index (χ3v) is 3.81. The molecule has 0 radical (unpaired) electrons. The van der Waals surface area contributed by atoms with Crippen LogP contribution in [0.4, 0.5) is 5.69 Å². The number of para-hydroxylation sites is 1. The van der Waals surface area contributed by atoms with Gasteiger partial charge in [-0.05, 0) is 23.3 Å². The van der Waals surface area contributed by atoms with Gasteiger partial charge in [-0.2, -0.15) is 0 Å². The van der Waals surface area contributed by atoms with Crippen LogP contribution in [0.5, 0.6) is 5.75 Å². The standard InChI is InChI=1S/C21H18N2O3/c24-23(25)20-12-10-17(11-13-20)14-22-15-19-8-4-5-9-21(19)26-16-18-6-2-1-3-7-18/h1-13,15H,14,16H2. The van der Waals surface area contributed by atoms with Crippen molar-refractivity contribution < 1.29 is 9.66 Å². The molecule has 0 fully saturated rings. The van der Waals surface area contributed by atoms with E-state index in [0.29, 0.717) is 13.2 Å². The first-order valence-electron chi connectivity index (χ1n) is 8.21. The van der Waals surface area contributed by atoms with Gasteiger partial charge in [0.2, 0.25) is 0 Å². The number of ether oxygens (including phenoxy) is 1. The van der Waals surface area contributed by atoms with Crippen molar-refractivity contribution in [2.75, 3.05) is 0 Å². The summed E-state index contributed by atoms with van der Waals surface area (Å²) >= 11 is 0. The van der Waals surface area contributed by atoms with Crippen molar-refractivity contribution in [1.29, 1.82) is 0 Å². The molecule has 0 aliphatic rings. The fourth-order valence-electron chi connectivity index (χ4n) is 2.43. The van der Waals surface area contributed by atoms with E-state index in [1.807, 2.05) is 54.6 Å². The molecule has 0 saturated carbocycles. The van der Waals surface area contributed by atoms with Crippen molar-refractivity contribution in [1.82, 2.24) is 0 Å². The Balaban J connectivity index is 1.64. The molecule has 5 nitrogen and oxygen atoms in total. The molecule has 130 valence electrons. The van der Waals surface area contributed by atoms with E-state index < -0.39 is 4.92 Å². The van der Waals surface area contributed by atoms with Gasteiger partial charge in [-0.25, -0.2) is 0 Å². The van der Waals surface area contributed by atoms with Gasteiger partial charge in [-0.1, -0.05) is 54.6 Å². The Hall–Kier alpha value is -3.47. The Bertz CT molecular complexity index is 891. The van der Waals surface area contributed by atoms with E-state index in [1.54, 1.807) is 18.3 Å². The molecule has 3 aromatic rings. The normalized spacial score (nSPS) is 10.8. The lowest BCUT2D eigenvalue weighted by atomic mass is 10.2. The minimum absolute atomic E-state index is 0.0809. The summed E-state index contributed by atoms with van der Waals surface area (Å²) in [6.07, 6.45) is 1.77. The van der Waals surface area contributed by atoms with E-state index in [1.165, 1.54) is 12.1 Å². The number of hydrogen-bond donors (Lipinski definition) is 0. The summed E-state index contributed by atoms with van der Waals surface area (Å²) in [5.41, 5.74) is 2.99. The highest BCUT2D eigenvalue weighted by Crippen LogP contribution is 2.18. The number of benzene rings is 3. The summed E-state index contributed by atoms with van der Waals surface area (Å²) in [7, 11) is 0. The first kappa shape index (κ1) is 17.4. The van der Waals surface area contributed by atoms with Crippen molar-refractivity contribution >= 4 is 11.9 Å². The van der Waals surface area contributed by atoms with E-state index in [-0.39, 0.29) is 5.69 Å². The van der Waals surface area contributed by atoms with E-state index in [2.05, 4.69) is 4.99 Å². The van der Waals surface area contributed by atoms with E-state index >= 15 is 0 Å². The van der Waals surface area contributed by atoms with Crippen LogP contribution in [-0.2, 0) is 13.2 Å². The largest absolute Gasteiger partial charge is 0.488 e. The molecule has 0 spiro atoms. The van der Waals surface area contributed by atoms with Crippen molar-refractivity contribution in [2.24, 2.45) is 4.99 Å². The molecule has 5 heteroatoms. The summed E-state index contributed by atoms with van der Waals surface area (Å²) in [6.45, 7) is 0.944. The molecule has 26 heavy (non-hydrogen) atoms. The van der Waals surface area contributed by atoms with Crippen LogP contribution in [0.25, 0.3) is 0 Å². The van der Waals surface area contributed by atoms with Gasteiger partial charge in [0.15, 0.2) is 0 Å². The molecule has 0 atom stereocenters. The molecule has 0 bridgehead atoms. The Labute approximate surface area is 151 Å². The molecule has 0 aliphatic heterocycles. The third-order valence-electron chi connectivity index (χ3n) is 3.81. The molecule has 0 aromatic heterocycles. The molecule has 0 unspecified atom stereocenters. The highest BCUT2D eigenvalue weighted by Gasteiger charge is 2.04. The topological polar surface area (TPSA) is 64.7 Å². The maximum Gasteiger partial charge on any atom is 0.269 e. The Kier molecular flexibility index (Phi) is 5.72. The molecular weight excluding hydrogens is 328 g/mol. The quantitative estimate of drug-likeness (QED) is 0.351. The van der Waals surface area contributed by atoms with Crippen LogP contribution in [0.1, 0.15) is 16.7 Å². The fourth-order valence-corrected chi connectivity index (χ4v) is 2.43. The van der Waals surface area contributed by atoms with Gasteiger partial charge in [0, 0.05) is 23.9 Å². The fraction of sp³-hybridized carbons (Fsp3) is 0.0952. The number of hydrogen-bond acceptors (Lipinski definition) is 4. The molecule has 0 aliphatic carbocycles. The second kappa shape index (κ2) is 8.58. The summed E-state index contributed by atoms with van der Waals surface area (Å²) in [5.74, 6) is 0.767. The summed E-state index contributed by atoms with van der Waals surface area (Å²) in [4.78, 5) is 14.7. The van der Waals surface area contributed by atoms with Gasteiger partial charge in [0.25, 0.3) is 5.69 Å². The third kappa shape index (κ3) is 4.77. The van der Waals surface area contributed by atoms with Gasteiger partial charge >= 0.3 is 0 Å². The van der Waals surface area contributed by atoms with Crippen molar-refractivity contribution in [2.45, 2.75) is 13.2 Å². The summed E-state index contributed by atoms with van der Waals surface area (Å²) in [5, 5.41) is 10.7. The van der Waals surface area contributed by atoms with Gasteiger partial charge in [-0.3, -0.25) is 15.1 Å². The minimum atomic E-state index is -0.409.